The van der Waals surface area contributed by atoms with Crippen molar-refractivity contribution in [3.05, 3.63) is 35.4 Å². The molecule has 1 aromatic rings. The predicted molar refractivity (Wildman–Crippen MR) is 85.3 cm³/mol. The quantitative estimate of drug-likeness (QED) is 0.790. The second-order valence-electron chi connectivity index (χ2n) is 6.45. The van der Waals surface area contributed by atoms with Gasteiger partial charge in [0.25, 0.3) is 0 Å². The van der Waals surface area contributed by atoms with Gasteiger partial charge in [-0.1, -0.05) is 49.9 Å². The lowest BCUT2D eigenvalue weighted by Crippen LogP contribution is -2.44. The van der Waals surface area contributed by atoms with E-state index in [0.717, 1.165) is 32.1 Å². The number of fused-ring (bicyclic) bond motifs is 1. The first kappa shape index (κ1) is 14.4. The largest absolute Gasteiger partial charge is 0.335 e. The van der Waals surface area contributed by atoms with Gasteiger partial charge in [-0.2, -0.15) is 0 Å². The van der Waals surface area contributed by atoms with Crippen LogP contribution in [0.4, 0.5) is 4.79 Å². The standard InChI is InChI=1S/C18H26N2O/c21-18(19-15-10-3-1-2-4-11-15)20-17-13-7-9-14-8-5-6-12-16(14)17/h5-6,8,12,15,17H,1-4,7,9-11,13H2,(H2,19,20,21). The topological polar surface area (TPSA) is 41.1 Å². The molecule has 114 valence electrons. The van der Waals surface area contributed by atoms with Crippen LogP contribution in [0.2, 0.25) is 0 Å². The van der Waals surface area contributed by atoms with Crippen molar-refractivity contribution in [2.45, 2.75) is 69.9 Å². The van der Waals surface area contributed by atoms with E-state index >= 15 is 0 Å². The van der Waals surface area contributed by atoms with Crippen molar-refractivity contribution in [1.82, 2.24) is 10.6 Å². The van der Waals surface area contributed by atoms with Crippen molar-refractivity contribution < 1.29 is 4.79 Å². The van der Waals surface area contributed by atoms with Crippen molar-refractivity contribution in [3.63, 3.8) is 0 Å². The number of carbonyl (C=O) groups is 1. The molecule has 0 spiro atoms. The van der Waals surface area contributed by atoms with Crippen LogP contribution < -0.4 is 10.6 Å². The van der Waals surface area contributed by atoms with Gasteiger partial charge in [0.2, 0.25) is 0 Å². The summed E-state index contributed by atoms with van der Waals surface area (Å²) in [4.78, 5) is 12.3. The number of benzene rings is 1. The van der Waals surface area contributed by atoms with Crippen molar-refractivity contribution in [2.24, 2.45) is 0 Å². The van der Waals surface area contributed by atoms with Gasteiger partial charge >= 0.3 is 6.03 Å². The summed E-state index contributed by atoms with van der Waals surface area (Å²) >= 11 is 0. The molecule has 21 heavy (non-hydrogen) atoms. The molecule has 2 aliphatic rings. The fraction of sp³-hybridized carbons (Fsp3) is 0.611. The highest BCUT2D eigenvalue weighted by atomic mass is 16.2. The lowest BCUT2D eigenvalue weighted by Gasteiger charge is -2.27. The highest BCUT2D eigenvalue weighted by molar-refractivity contribution is 5.75. The molecule has 0 aromatic heterocycles. The molecule has 0 saturated heterocycles. The molecular weight excluding hydrogens is 260 g/mol. The van der Waals surface area contributed by atoms with E-state index in [1.165, 1.54) is 36.8 Å². The van der Waals surface area contributed by atoms with Gasteiger partial charge in [-0.25, -0.2) is 4.79 Å². The molecule has 3 heteroatoms. The second kappa shape index (κ2) is 6.97. The van der Waals surface area contributed by atoms with Crippen LogP contribution >= 0.6 is 0 Å². The number of amides is 2. The Morgan fingerprint density at radius 1 is 0.905 bits per heavy atom. The van der Waals surface area contributed by atoms with Gasteiger partial charge in [0, 0.05) is 6.04 Å². The summed E-state index contributed by atoms with van der Waals surface area (Å²) in [7, 11) is 0. The zero-order valence-corrected chi connectivity index (χ0v) is 12.7. The van der Waals surface area contributed by atoms with Crippen LogP contribution in [0.3, 0.4) is 0 Å². The normalized spacial score (nSPS) is 23.0. The van der Waals surface area contributed by atoms with E-state index in [1.54, 1.807) is 0 Å². The molecule has 1 fully saturated rings. The minimum absolute atomic E-state index is 0.0172. The van der Waals surface area contributed by atoms with E-state index in [-0.39, 0.29) is 12.1 Å². The molecule has 2 amide bonds. The van der Waals surface area contributed by atoms with Gasteiger partial charge in [0.05, 0.1) is 6.04 Å². The molecule has 1 saturated carbocycles. The molecule has 3 nitrogen and oxygen atoms in total. The van der Waals surface area contributed by atoms with Crippen LogP contribution in [0.1, 0.15) is 68.5 Å². The van der Waals surface area contributed by atoms with Gasteiger partial charge < -0.3 is 10.6 Å². The van der Waals surface area contributed by atoms with Gasteiger partial charge in [-0.3, -0.25) is 0 Å². The highest BCUT2D eigenvalue weighted by Crippen LogP contribution is 2.29. The van der Waals surface area contributed by atoms with Crippen molar-refractivity contribution in [2.75, 3.05) is 0 Å². The van der Waals surface area contributed by atoms with Crippen LogP contribution in [0.25, 0.3) is 0 Å². The molecule has 0 aliphatic heterocycles. The Bertz CT molecular complexity index is 478. The predicted octanol–water partition coefficient (Wildman–Crippen LogP) is 4.09. The number of rotatable bonds is 2. The Morgan fingerprint density at radius 3 is 2.48 bits per heavy atom. The van der Waals surface area contributed by atoms with E-state index in [0.29, 0.717) is 6.04 Å². The lowest BCUT2D eigenvalue weighted by atomic mass is 9.88. The number of hydrogen-bond donors (Lipinski definition) is 2. The zero-order chi connectivity index (χ0) is 14.5. The SMILES string of the molecule is O=C(NC1CCCCCC1)NC1CCCc2ccccc21. The van der Waals surface area contributed by atoms with E-state index in [2.05, 4.69) is 34.9 Å². The molecule has 2 N–H and O–H groups in total. The zero-order valence-electron chi connectivity index (χ0n) is 12.7. The summed E-state index contributed by atoms with van der Waals surface area (Å²) in [6.07, 6.45) is 10.7. The fourth-order valence-electron chi connectivity index (χ4n) is 3.71. The highest BCUT2D eigenvalue weighted by Gasteiger charge is 2.22. The Kier molecular flexibility index (Phi) is 4.79. The Hall–Kier alpha value is -1.51. The molecular formula is C18H26N2O. The average Bonchev–Trinajstić information content (AvgIpc) is 2.76. The number of nitrogens with one attached hydrogen (secondary N) is 2. The molecule has 3 rings (SSSR count). The third-order valence-corrected chi connectivity index (χ3v) is 4.87. The van der Waals surface area contributed by atoms with E-state index in [1.807, 2.05) is 0 Å². The smallest absolute Gasteiger partial charge is 0.315 e. The van der Waals surface area contributed by atoms with Crippen molar-refractivity contribution >= 4 is 6.03 Å². The van der Waals surface area contributed by atoms with Crippen molar-refractivity contribution in [1.29, 1.82) is 0 Å². The number of aryl methyl sites for hydroxylation is 1. The summed E-state index contributed by atoms with van der Waals surface area (Å²) in [5.41, 5.74) is 2.70. The first-order valence-electron chi connectivity index (χ1n) is 8.48. The minimum atomic E-state index is 0.0172. The number of hydrogen-bond acceptors (Lipinski definition) is 1. The molecule has 1 atom stereocenters. The van der Waals surface area contributed by atoms with Gasteiger partial charge in [-0.05, 0) is 43.2 Å². The molecule has 1 unspecified atom stereocenters. The summed E-state index contributed by atoms with van der Waals surface area (Å²) in [6.45, 7) is 0. The van der Waals surface area contributed by atoms with E-state index in [9.17, 15) is 4.79 Å². The van der Waals surface area contributed by atoms with Gasteiger partial charge in [0.15, 0.2) is 0 Å². The van der Waals surface area contributed by atoms with Crippen LogP contribution in [0.15, 0.2) is 24.3 Å². The fourth-order valence-corrected chi connectivity index (χ4v) is 3.71. The molecule has 0 radical (unpaired) electrons. The first-order valence-corrected chi connectivity index (χ1v) is 8.48. The summed E-state index contributed by atoms with van der Waals surface area (Å²) in [5, 5.41) is 6.38. The maximum Gasteiger partial charge on any atom is 0.315 e. The average molecular weight is 286 g/mol. The summed E-state index contributed by atoms with van der Waals surface area (Å²) in [5.74, 6) is 0. The summed E-state index contributed by atoms with van der Waals surface area (Å²) in [6, 6.07) is 9.07. The Labute approximate surface area is 127 Å². The maximum atomic E-state index is 12.3. The van der Waals surface area contributed by atoms with Crippen LogP contribution in [-0.4, -0.2) is 12.1 Å². The summed E-state index contributed by atoms with van der Waals surface area (Å²) < 4.78 is 0. The van der Waals surface area contributed by atoms with Crippen LogP contribution in [0.5, 0.6) is 0 Å². The Morgan fingerprint density at radius 2 is 1.67 bits per heavy atom. The lowest BCUT2D eigenvalue weighted by molar-refractivity contribution is 0.230. The minimum Gasteiger partial charge on any atom is -0.335 e. The molecule has 1 aromatic carbocycles. The monoisotopic (exact) mass is 286 g/mol. The second-order valence-corrected chi connectivity index (χ2v) is 6.45. The molecule has 0 heterocycles. The number of urea groups is 1. The van der Waals surface area contributed by atoms with Crippen molar-refractivity contribution in [3.8, 4) is 0 Å². The third-order valence-electron chi connectivity index (χ3n) is 4.87. The van der Waals surface area contributed by atoms with E-state index in [4.69, 9.17) is 0 Å². The van der Waals surface area contributed by atoms with Gasteiger partial charge in [-0.15, -0.1) is 0 Å². The van der Waals surface area contributed by atoms with E-state index < -0.39 is 0 Å². The number of carbonyl (C=O) groups excluding carboxylic acids is 1. The Balaban J connectivity index is 1.58. The van der Waals surface area contributed by atoms with Crippen LogP contribution in [0, 0.1) is 0 Å². The molecule has 2 aliphatic carbocycles. The molecule has 0 bridgehead atoms. The first-order chi connectivity index (χ1) is 10.3. The maximum absolute atomic E-state index is 12.3. The third kappa shape index (κ3) is 3.78. The van der Waals surface area contributed by atoms with Gasteiger partial charge in [0.1, 0.15) is 0 Å². The van der Waals surface area contributed by atoms with Crippen LogP contribution in [-0.2, 0) is 6.42 Å².